The van der Waals surface area contributed by atoms with Gasteiger partial charge in [0.15, 0.2) is 11.6 Å². The van der Waals surface area contributed by atoms with Crippen molar-refractivity contribution in [3.8, 4) is 5.75 Å². The number of fused-ring (bicyclic) bond motifs is 1. The number of furan rings is 1. The lowest BCUT2D eigenvalue weighted by Gasteiger charge is -2.27. The fourth-order valence-electron chi connectivity index (χ4n) is 3.31. The highest BCUT2D eigenvalue weighted by atomic mass is 32.1. The second-order valence-electron chi connectivity index (χ2n) is 7.46. The van der Waals surface area contributed by atoms with E-state index in [1.165, 1.54) is 25.5 Å². The number of hydrogen-bond acceptors (Lipinski definition) is 8. The van der Waals surface area contributed by atoms with Gasteiger partial charge in [0.2, 0.25) is 0 Å². The highest BCUT2D eigenvalue weighted by Gasteiger charge is 2.31. The standard InChI is InChI=1S/C22H20N4O6S/c1-22(2,13-7-4-5-8-14(13)30-3)32-20(28)16-11-12-17(24-18(27)15-9-6-10-31-15)25-26(21(23)29)19(12)33-16/h4-11H,1-3H3,(H2,23,29)(H,24,25,27). The highest BCUT2D eigenvalue weighted by Crippen LogP contribution is 2.36. The van der Waals surface area contributed by atoms with Gasteiger partial charge in [-0.15, -0.1) is 16.4 Å². The Morgan fingerprint density at radius 2 is 1.94 bits per heavy atom. The number of nitrogens with zero attached hydrogens (tertiary/aromatic N) is 2. The van der Waals surface area contributed by atoms with Crippen LogP contribution in [0.15, 0.2) is 53.1 Å². The van der Waals surface area contributed by atoms with Crippen LogP contribution in [0.25, 0.3) is 10.2 Å². The number of ether oxygens (including phenoxy) is 2. The number of rotatable bonds is 6. The van der Waals surface area contributed by atoms with Crippen molar-refractivity contribution in [2.75, 3.05) is 12.4 Å². The first-order valence-corrected chi connectivity index (χ1v) is 10.6. The molecule has 33 heavy (non-hydrogen) atoms. The van der Waals surface area contributed by atoms with E-state index in [2.05, 4.69) is 10.4 Å². The summed E-state index contributed by atoms with van der Waals surface area (Å²) in [5.74, 6) is -0.483. The van der Waals surface area contributed by atoms with Crippen LogP contribution in [0.3, 0.4) is 0 Å². The van der Waals surface area contributed by atoms with Crippen molar-refractivity contribution in [1.29, 1.82) is 0 Å². The smallest absolute Gasteiger partial charge is 0.349 e. The fraction of sp³-hybridized carbons (Fsp3) is 0.182. The average Bonchev–Trinajstić information content (AvgIpc) is 3.51. The lowest BCUT2D eigenvalue weighted by molar-refractivity contribution is -0.00343. The maximum atomic E-state index is 13.0. The van der Waals surface area contributed by atoms with Gasteiger partial charge in [-0.1, -0.05) is 18.2 Å². The molecule has 11 heteroatoms. The summed E-state index contributed by atoms with van der Waals surface area (Å²) in [6.07, 6.45) is 1.36. The number of amides is 2. The molecule has 1 aromatic carbocycles. The third-order valence-electron chi connectivity index (χ3n) is 4.85. The zero-order valence-corrected chi connectivity index (χ0v) is 18.8. The summed E-state index contributed by atoms with van der Waals surface area (Å²) < 4.78 is 17.1. The molecular formula is C22H20N4O6S. The van der Waals surface area contributed by atoms with Crippen LogP contribution in [-0.4, -0.2) is 34.8 Å². The van der Waals surface area contributed by atoms with Crippen LogP contribution in [0.4, 0.5) is 10.6 Å². The van der Waals surface area contributed by atoms with Gasteiger partial charge in [-0.3, -0.25) is 4.79 Å². The van der Waals surface area contributed by atoms with Crippen molar-refractivity contribution in [3.05, 3.63) is 64.9 Å². The number of primary amides is 1. The van der Waals surface area contributed by atoms with Gasteiger partial charge in [0.05, 0.1) is 18.8 Å². The Morgan fingerprint density at radius 1 is 1.18 bits per heavy atom. The van der Waals surface area contributed by atoms with E-state index in [0.717, 1.165) is 16.0 Å². The van der Waals surface area contributed by atoms with Gasteiger partial charge in [-0.05, 0) is 38.1 Å². The molecule has 3 heterocycles. The van der Waals surface area contributed by atoms with Crippen LogP contribution in [0.5, 0.6) is 5.75 Å². The summed E-state index contributed by atoms with van der Waals surface area (Å²) in [4.78, 5) is 37.7. The highest BCUT2D eigenvalue weighted by molar-refractivity contribution is 7.20. The molecule has 3 N–H and O–H groups in total. The van der Waals surface area contributed by atoms with Gasteiger partial charge in [0, 0.05) is 5.56 Å². The molecule has 0 spiro atoms. The zero-order valence-electron chi connectivity index (χ0n) is 17.9. The fourth-order valence-corrected chi connectivity index (χ4v) is 4.30. The summed E-state index contributed by atoms with van der Waals surface area (Å²) in [5.41, 5.74) is 5.10. The molecule has 0 aliphatic rings. The first-order chi connectivity index (χ1) is 15.7. The Labute approximate surface area is 191 Å². The number of hydrogen-bond donors (Lipinski definition) is 2. The Bertz CT molecular complexity index is 1350. The van der Waals surface area contributed by atoms with Crippen LogP contribution < -0.4 is 15.8 Å². The number of para-hydroxylation sites is 1. The molecule has 10 nitrogen and oxygen atoms in total. The molecule has 0 fully saturated rings. The van der Waals surface area contributed by atoms with E-state index in [1.54, 1.807) is 26.0 Å². The molecule has 3 aromatic heterocycles. The maximum Gasteiger partial charge on any atom is 0.349 e. The lowest BCUT2D eigenvalue weighted by atomic mass is 9.97. The van der Waals surface area contributed by atoms with Crippen molar-refractivity contribution < 1.29 is 28.3 Å². The predicted octanol–water partition coefficient (Wildman–Crippen LogP) is 3.97. The average molecular weight is 468 g/mol. The third-order valence-corrected chi connectivity index (χ3v) is 5.94. The number of esters is 1. The number of carbonyl (C=O) groups is 3. The van der Waals surface area contributed by atoms with Crippen molar-refractivity contribution in [2.45, 2.75) is 19.4 Å². The third kappa shape index (κ3) is 4.17. The second-order valence-corrected chi connectivity index (χ2v) is 8.49. The minimum absolute atomic E-state index is 0.0597. The molecule has 4 aromatic rings. The summed E-state index contributed by atoms with van der Waals surface area (Å²) in [5, 5.41) is 6.99. The number of nitrogens with one attached hydrogen (secondary N) is 1. The van der Waals surface area contributed by atoms with Crippen molar-refractivity contribution >= 4 is 45.3 Å². The number of methoxy groups -OCH3 is 1. The molecule has 0 atom stereocenters. The molecule has 170 valence electrons. The normalized spacial score (nSPS) is 11.4. The number of aromatic nitrogens is 2. The number of anilines is 1. The minimum Gasteiger partial charge on any atom is -0.496 e. The van der Waals surface area contributed by atoms with Gasteiger partial charge in [0.25, 0.3) is 5.91 Å². The molecule has 0 aliphatic carbocycles. The maximum absolute atomic E-state index is 13.0. The second kappa shape index (κ2) is 8.43. The first kappa shape index (κ1) is 22.1. The monoisotopic (exact) mass is 468 g/mol. The van der Waals surface area contributed by atoms with Crippen LogP contribution in [-0.2, 0) is 10.3 Å². The molecule has 0 radical (unpaired) electrons. The molecule has 0 saturated carbocycles. The Balaban J connectivity index is 1.66. The molecule has 0 unspecified atom stereocenters. The van der Waals surface area contributed by atoms with Crippen molar-refractivity contribution in [2.24, 2.45) is 5.73 Å². The Kier molecular flexibility index (Phi) is 5.64. The summed E-state index contributed by atoms with van der Waals surface area (Å²) in [6.45, 7) is 3.49. The zero-order chi connectivity index (χ0) is 23.8. The first-order valence-electron chi connectivity index (χ1n) is 9.75. The molecule has 0 bridgehead atoms. The van der Waals surface area contributed by atoms with Crippen LogP contribution in [0.2, 0.25) is 0 Å². The molecule has 2 amide bonds. The number of benzene rings is 1. The predicted molar refractivity (Wildman–Crippen MR) is 121 cm³/mol. The van der Waals surface area contributed by atoms with Crippen LogP contribution in [0, 0.1) is 0 Å². The van der Waals surface area contributed by atoms with Gasteiger partial charge in [-0.25, -0.2) is 9.59 Å². The SMILES string of the molecule is COc1ccccc1C(C)(C)OC(=O)c1cc2c(NC(=O)c3ccco3)nn(C(N)=O)c2s1. The van der Waals surface area contributed by atoms with Gasteiger partial charge in [-0.2, -0.15) is 4.68 Å². The van der Waals surface area contributed by atoms with E-state index in [1.807, 2.05) is 18.2 Å². The van der Waals surface area contributed by atoms with E-state index in [-0.39, 0.29) is 16.5 Å². The summed E-state index contributed by atoms with van der Waals surface area (Å²) in [7, 11) is 1.54. The van der Waals surface area contributed by atoms with E-state index in [9.17, 15) is 14.4 Å². The topological polar surface area (TPSA) is 139 Å². The largest absolute Gasteiger partial charge is 0.496 e. The van der Waals surface area contributed by atoms with Crippen LogP contribution >= 0.6 is 11.3 Å². The summed E-state index contributed by atoms with van der Waals surface area (Å²) >= 11 is 0.971. The Morgan fingerprint density at radius 3 is 2.61 bits per heavy atom. The van der Waals surface area contributed by atoms with E-state index < -0.39 is 23.5 Å². The molecule has 4 rings (SSSR count). The van der Waals surface area contributed by atoms with Gasteiger partial charge >= 0.3 is 12.0 Å². The van der Waals surface area contributed by atoms with Gasteiger partial charge in [0.1, 0.15) is 21.1 Å². The van der Waals surface area contributed by atoms with E-state index in [4.69, 9.17) is 19.6 Å². The van der Waals surface area contributed by atoms with E-state index in [0.29, 0.717) is 21.5 Å². The Hall–Kier alpha value is -4.12. The number of thiophene rings is 1. The lowest BCUT2D eigenvalue weighted by Crippen LogP contribution is -2.26. The van der Waals surface area contributed by atoms with E-state index >= 15 is 0 Å². The minimum atomic E-state index is -1.01. The van der Waals surface area contributed by atoms with Crippen molar-refractivity contribution in [3.63, 3.8) is 0 Å². The molecule has 0 aliphatic heterocycles. The van der Waals surface area contributed by atoms with Crippen molar-refractivity contribution in [1.82, 2.24) is 9.78 Å². The molecule has 0 saturated heterocycles. The number of carbonyl (C=O) groups excluding carboxylic acids is 3. The summed E-state index contributed by atoms with van der Waals surface area (Å²) in [6, 6.07) is 10.9. The quantitative estimate of drug-likeness (QED) is 0.408. The van der Waals surface area contributed by atoms with Crippen LogP contribution in [0.1, 0.15) is 39.6 Å². The van der Waals surface area contributed by atoms with Gasteiger partial charge < -0.3 is 24.9 Å². The molecular weight excluding hydrogens is 448 g/mol. The number of nitrogens with two attached hydrogens (primary N) is 1.